The summed E-state index contributed by atoms with van der Waals surface area (Å²) in [5.41, 5.74) is 1.32. The number of esters is 2. The van der Waals surface area contributed by atoms with Gasteiger partial charge in [0.15, 0.2) is 6.61 Å². The molecular weight excluding hydrogens is 294 g/mol. The first-order chi connectivity index (χ1) is 10.0. The van der Waals surface area contributed by atoms with Gasteiger partial charge in [-0.2, -0.15) is 0 Å². The fourth-order valence-corrected chi connectivity index (χ4v) is 3.61. The van der Waals surface area contributed by atoms with Gasteiger partial charge in [0, 0.05) is 11.8 Å². The molecule has 1 aliphatic carbocycles. The van der Waals surface area contributed by atoms with Gasteiger partial charge in [0.1, 0.15) is 5.00 Å². The molecule has 0 saturated heterocycles. The van der Waals surface area contributed by atoms with Gasteiger partial charge in [0.05, 0.1) is 12.7 Å². The lowest BCUT2D eigenvalue weighted by atomic mass is 9.95. The average molecular weight is 311 g/mol. The predicted octanol–water partition coefficient (Wildman–Crippen LogP) is 1.92. The first-order valence-corrected chi connectivity index (χ1v) is 7.50. The smallest absolute Gasteiger partial charge is 0.344 e. The minimum atomic E-state index is -0.617. The molecule has 0 saturated carbocycles. The molecular formula is C14H17NO5S. The fraction of sp³-hybridized carbons (Fsp3) is 0.500. The van der Waals surface area contributed by atoms with Crippen molar-refractivity contribution in [1.82, 2.24) is 0 Å². The van der Waals surface area contributed by atoms with E-state index in [9.17, 15) is 14.4 Å². The molecule has 0 spiro atoms. The maximum absolute atomic E-state index is 12.2. The Morgan fingerprint density at radius 2 is 1.95 bits per heavy atom. The number of fused-ring (bicyclic) bond motifs is 1. The van der Waals surface area contributed by atoms with Crippen LogP contribution in [0.3, 0.4) is 0 Å². The van der Waals surface area contributed by atoms with Gasteiger partial charge in [-0.15, -0.1) is 11.3 Å². The van der Waals surface area contributed by atoms with E-state index < -0.39 is 18.5 Å². The topological polar surface area (TPSA) is 81.7 Å². The molecule has 6 nitrogen and oxygen atoms in total. The van der Waals surface area contributed by atoms with Crippen LogP contribution in [0.5, 0.6) is 0 Å². The van der Waals surface area contributed by atoms with Crippen molar-refractivity contribution < 1.29 is 23.9 Å². The molecule has 7 heteroatoms. The van der Waals surface area contributed by atoms with Crippen molar-refractivity contribution in [1.29, 1.82) is 0 Å². The summed E-state index contributed by atoms with van der Waals surface area (Å²) >= 11 is 1.41. The Labute approximate surface area is 126 Å². The van der Waals surface area contributed by atoms with E-state index in [0.29, 0.717) is 10.6 Å². The van der Waals surface area contributed by atoms with Crippen LogP contribution in [0.4, 0.5) is 5.00 Å². The zero-order chi connectivity index (χ0) is 15.4. The van der Waals surface area contributed by atoms with Crippen LogP contribution in [-0.4, -0.2) is 31.6 Å². The van der Waals surface area contributed by atoms with Crippen molar-refractivity contribution in [2.24, 2.45) is 0 Å². The van der Waals surface area contributed by atoms with Gasteiger partial charge in [0.2, 0.25) is 5.91 Å². The molecule has 0 aromatic carbocycles. The third-order valence-corrected chi connectivity index (χ3v) is 4.42. The molecule has 21 heavy (non-hydrogen) atoms. The van der Waals surface area contributed by atoms with Gasteiger partial charge >= 0.3 is 11.9 Å². The summed E-state index contributed by atoms with van der Waals surface area (Å²) in [4.78, 5) is 35.7. The minimum absolute atomic E-state index is 0.240. The molecule has 1 amide bonds. The predicted molar refractivity (Wildman–Crippen MR) is 77.6 cm³/mol. The molecule has 1 N–H and O–H groups in total. The Hall–Kier alpha value is -1.89. The van der Waals surface area contributed by atoms with E-state index in [2.05, 4.69) is 10.1 Å². The Balaban J connectivity index is 2.26. The molecule has 1 aromatic rings. The minimum Gasteiger partial charge on any atom is -0.466 e. The monoisotopic (exact) mass is 311 g/mol. The number of rotatable bonds is 4. The van der Waals surface area contributed by atoms with Crippen molar-refractivity contribution in [2.75, 3.05) is 19.0 Å². The summed E-state index contributed by atoms with van der Waals surface area (Å²) in [6, 6.07) is 0. The van der Waals surface area contributed by atoms with Gasteiger partial charge in [-0.25, -0.2) is 9.59 Å². The number of amides is 1. The molecule has 114 valence electrons. The molecule has 2 rings (SSSR count). The molecule has 0 radical (unpaired) electrons. The number of hydrogen-bond donors (Lipinski definition) is 1. The van der Waals surface area contributed by atoms with Crippen molar-refractivity contribution in [3.8, 4) is 0 Å². The lowest BCUT2D eigenvalue weighted by molar-refractivity contribution is -0.144. The maximum Gasteiger partial charge on any atom is 0.344 e. The second-order valence-electron chi connectivity index (χ2n) is 4.75. The van der Waals surface area contributed by atoms with E-state index in [1.165, 1.54) is 25.4 Å². The van der Waals surface area contributed by atoms with Crippen LogP contribution in [0.15, 0.2) is 0 Å². The fourth-order valence-electron chi connectivity index (χ4n) is 2.29. The van der Waals surface area contributed by atoms with Crippen LogP contribution >= 0.6 is 11.3 Å². The second kappa shape index (κ2) is 6.71. The zero-order valence-electron chi connectivity index (χ0n) is 12.0. The van der Waals surface area contributed by atoms with E-state index in [4.69, 9.17) is 4.74 Å². The lowest BCUT2D eigenvalue weighted by Gasteiger charge is -2.12. The van der Waals surface area contributed by atoms with Gasteiger partial charge in [-0.1, -0.05) is 0 Å². The van der Waals surface area contributed by atoms with E-state index in [1.807, 2.05) is 0 Å². The van der Waals surface area contributed by atoms with Crippen molar-refractivity contribution in [3.05, 3.63) is 16.0 Å². The van der Waals surface area contributed by atoms with Crippen LogP contribution in [0, 0.1) is 0 Å². The Kier molecular flexibility index (Phi) is 4.95. The summed E-state index contributed by atoms with van der Waals surface area (Å²) in [5.74, 6) is -1.45. The van der Waals surface area contributed by atoms with Gasteiger partial charge < -0.3 is 14.8 Å². The van der Waals surface area contributed by atoms with Crippen LogP contribution in [0.25, 0.3) is 0 Å². The van der Waals surface area contributed by atoms with Gasteiger partial charge in [0.25, 0.3) is 0 Å². The number of aryl methyl sites for hydroxylation is 1. The number of anilines is 1. The molecule has 0 fully saturated rings. The lowest BCUT2D eigenvalue weighted by Crippen LogP contribution is -2.18. The Morgan fingerprint density at radius 1 is 1.24 bits per heavy atom. The molecule has 0 aliphatic heterocycles. The van der Waals surface area contributed by atoms with Gasteiger partial charge in [-0.05, 0) is 31.2 Å². The quantitative estimate of drug-likeness (QED) is 0.859. The number of methoxy groups -OCH3 is 1. The molecule has 1 heterocycles. The summed E-state index contributed by atoms with van der Waals surface area (Å²) in [6.07, 6.45) is 3.76. The molecule has 0 bridgehead atoms. The van der Waals surface area contributed by atoms with E-state index in [1.54, 1.807) is 0 Å². The Morgan fingerprint density at radius 3 is 2.62 bits per heavy atom. The maximum atomic E-state index is 12.2. The van der Waals surface area contributed by atoms with Crippen molar-refractivity contribution in [2.45, 2.75) is 32.6 Å². The van der Waals surface area contributed by atoms with Gasteiger partial charge in [-0.3, -0.25) is 4.79 Å². The molecule has 1 aromatic heterocycles. The van der Waals surface area contributed by atoms with Crippen LogP contribution < -0.4 is 5.32 Å². The number of thiophene rings is 1. The summed E-state index contributed by atoms with van der Waals surface area (Å²) in [6.45, 7) is 0.960. The van der Waals surface area contributed by atoms with E-state index in [-0.39, 0.29) is 5.91 Å². The average Bonchev–Trinajstić information content (AvgIpc) is 2.81. The van der Waals surface area contributed by atoms with E-state index >= 15 is 0 Å². The highest BCUT2D eigenvalue weighted by atomic mass is 32.1. The first-order valence-electron chi connectivity index (χ1n) is 6.69. The largest absolute Gasteiger partial charge is 0.466 e. The van der Waals surface area contributed by atoms with Crippen LogP contribution in [0.1, 0.15) is 40.6 Å². The highest BCUT2D eigenvalue weighted by Crippen LogP contribution is 2.38. The third-order valence-electron chi connectivity index (χ3n) is 3.21. The molecule has 1 aliphatic rings. The number of carbonyl (C=O) groups excluding carboxylic acids is 3. The zero-order valence-corrected chi connectivity index (χ0v) is 12.8. The third kappa shape index (κ3) is 3.60. The van der Waals surface area contributed by atoms with Crippen molar-refractivity contribution >= 4 is 34.2 Å². The summed E-state index contributed by atoms with van der Waals surface area (Å²) in [7, 11) is 1.23. The van der Waals surface area contributed by atoms with Crippen LogP contribution in [0.2, 0.25) is 0 Å². The number of carbonyl (C=O) groups is 3. The molecule has 0 unspecified atom stereocenters. The second-order valence-corrected chi connectivity index (χ2v) is 5.85. The summed E-state index contributed by atoms with van der Waals surface area (Å²) in [5, 5.41) is 3.18. The standard InChI is InChI=1S/C14H17NO5S/c1-8(16)15-13-12(14(18)20-7-11(17)19-2)9-5-3-4-6-10(9)21-13/h3-7H2,1-2H3,(H,15,16). The number of ether oxygens (including phenoxy) is 2. The SMILES string of the molecule is COC(=O)COC(=O)c1c(NC(C)=O)sc2c1CCCC2. The molecule has 0 atom stereocenters. The highest BCUT2D eigenvalue weighted by molar-refractivity contribution is 7.17. The number of nitrogens with one attached hydrogen (secondary N) is 1. The Bertz CT molecular complexity index is 578. The number of hydrogen-bond acceptors (Lipinski definition) is 6. The first kappa shape index (κ1) is 15.5. The normalized spacial score (nSPS) is 13.2. The summed E-state index contributed by atoms with van der Waals surface area (Å²) < 4.78 is 9.41. The van der Waals surface area contributed by atoms with Crippen molar-refractivity contribution in [3.63, 3.8) is 0 Å². The van der Waals surface area contributed by atoms with Crippen LogP contribution in [-0.2, 0) is 31.9 Å². The highest BCUT2D eigenvalue weighted by Gasteiger charge is 2.27. The van der Waals surface area contributed by atoms with E-state index in [0.717, 1.165) is 36.1 Å².